The number of nitrogens with zero attached hydrogens (tertiary/aromatic N) is 2. The number of hydrogen-bond acceptors (Lipinski definition) is 3. The molecule has 0 bridgehead atoms. The molecule has 2 atom stereocenters. The van der Waals surface area contributed by atoms with Gasteiger partial charge in [-0.2, -0.15) is 5.10 Å². The van der Waals surface area contributed by atoms with E-state index in [1.807, 2.05) is 81.1 Å². The Morgan fingerprint density at radius 1 is 1.08 bits per heavy atom. The second-order valence-electron chi connectivity index (χ2n) is 9.44. The molecule has 2 heterocycles. The van der Waals surface area contributed by atoms with Crippen molar-refractivity contribution in [3.8, 4) is 11.1 Å². The van der Waals surface area contributed by atoms with Crippen LogP contribution in [0.25, 0.3) is 22.0 Å². The van der Waals surface area contributed by atoms with Crippen molar-refractivity contribution >= 4 is 28.3 Å². The SMILES string of the molecule is Cc1ccc(C[C@H](C)N[C@@H](C(=O)c2c[nH]c3cc(-c4cnn(C)c4)ccc23)c2ccccc2)c(Cl)c1. The van der Waals surface area contributed by atoms with Gasteiger partial charge in [0.05, 0.1) is 12.2 Å². The molecule has 0 fully saturated rings. The summed E-state index contributed by atoms with van der Waals surface area (Å²) in [5.74, 6) is 0.0310. The predicted octanol–water partition coefficient (Wildman–Crippen LogP) is 6.68. The predicted molar refractivity (Wildman–Crippen MR) is 147 cm³/mol. The van der Waals surface area contributed by atoms with Crippen LogP contribution in [0.15, 0.2) is 85.3 Å². The molecule has 0 aliphatic heterocycles. The Labute approximate surface area is 216 Å². The van der Waals surface area contributed by atoms with Crippen LogP contribution in [0.2, 0.25) is 5.02 Å². The molecule has 0 saturated carbocycles. The van der Waals surface area contributed by atoms with Gasteiger partial charge in [0.2, 0.25) is 0 Å². The second-order valence-corrected chi connectivity index (χ2v) is 9.85. The van der Waals surface area contributed by atoms with Crippen LogP contribution in [-0.2, 0) is 13.5 Å². The number of ketones is 1. The van der Waals surface area contributed by atoms with E-state index >= 15 is 0 Å². The van der Waals surface area contributed by atoms with E-state index in [-0.39, 0.29) is 11.8 Å². The van der Waals surface area contributed by atoms with E-state index < -0.39 is 6.04 Å². The quantitative estimate of drug-likeness (QED) is 0.236. The lowest BCUT2D eigenvalue weighted by Crippen LogP contribution is -2.36. The number of aromatic nitrogens is 3. The van der Waals surface area contributed by atoms with Crippen molar-refractivity contribution in [2.24, 2.45) is 7.05 Å². The summed E-state index contributed by atoms with van der Waals surface area (Å²) in [7, 11) is 1.90. The molecule has 0 aliphatic rings. The Hall–Kier alpha value is -3.67. The highest BCUT2D eigenvalue weighted by atomic mass is 35.5. The van der Waals surface area contributed by atoms with Crippen LogP contribution < -0.4 is 5.32 Å². The van der Waals surface area contributed by atoms with Crippen LogP contribution in [0.1, 0.15) is 40.0 Å². The summed E-state index contributed by atoms with van der Waals surface area (Å²) in [6.07, 6.45) is 6.36. The summed E-state index contributed by atoms with van der Waals surface area (Å²) in [5, 5.41) is 9.51. The van der Waals surface area contributed by atoms with E-state index in [0.717, 1.165) is 50.2 Å². The number of fused-ring (bicyclic) bond motifs is 1. The largest absolute Gasteiger partial charge is 0.360 e. The summed E-state index contributed by atoms with van der Waals surface area (Å²) < 4.78 is 1.78. The van der Waals surface area contributed by atoms with Gasteiger partial charge in [0.1, 0.15) is 0 Å². The van der Waals surface area contributed by atoms with Crippen molar-refractivity contribution in [3.63, 3.8) is 0 Å². The Morgan fingerprint density at radius 2 is 1.89 bits per heavy atom. The number of rotatable bonds is 8. The molecule has 0 aliphatic carbocycles. The second kappa shape index (κ2) is 10.1. The van der Waals surface area contributed by atoms with E-state index in [4.69, 9.17) is 11.6 Å². The van der Waals surface area contributed by atoms with Gasteiger partial charge < -0.3 is 10.3 Å². The first-order chi connectivity index (χ1) is 17.4. The Morgan fingerprint density at radius 3 is 2.61 bits per heavy atom. The van der Waals surface area contributed by atoms with Gasteiger partial charge in [0.25, 0.3) is 0 Å². The number of aromatic amines is 1. The lowest BCUT2D eigenvalue weighted by Gasteiger charge is -2.23. The Bertz CT molecular complexity index is 1520. The summed E-state index contributed by atoms with van der Waals surface area (Å²) in [4.78, 5) is 17.3. The molecule has 5 rings (SSSR count). The van der Waals surface area contributed by atoms with E-state index in [2.05, 4.69) is 40.5 Å². The highest BCUT2D eigenvalue weighted by Gasteiger charge is 2.26. The fraction of sp³-hybridized carbons (Fsp3) is 0.200. The maximum atomic E-state index is 14.0. The van der Waals surface area contributed by atoms with Crippen molar-refractivity contribution in [2.75, 3.05) is 0 Å². The molecular weight excluding hydrogens is 468 g/mol. The highest BCUT2D eigenvalue weighted by Crippen LogP contribution is 2.29. The zero-order valence-corrected chi connectivity index (χ0v) is 21.4. The standard InChI is InChI=1S/C30H29ClN4O/c1-19-9-10-23(27(31)13-19)14-20(2)34-29(21-7-5-4-6-8-21)30(36)26-17-32-28-15-22(11-12-25(26)28)24-16-33-35(3)18-24/h4-13,15-18,20,29,32,34H,14H2,1-3H3/t20-,29+/m0/s1. The number of H-pyrrole nitrogens is 1. The third-order valence-corrected chi connectivity index (χ3v) is 6.92. The Kier molecular flexibility index (Phi) is 6.77. The lowest BCUT2D eigenvalue weighted by molar-refractivity contribution is 0.0938. The van der Waals surface area contributed by atoms with Crippen molar-refractivity contribution in [3.05, 3.63) is 113 Å². The van der Waals surface area contributed by atoms with Crippen LogP contribution in [0.3, 0.4) is 0 Å². The van der Waals surface area contributed by atoms with Gasteiger partial charge >= 0.3 is 0 Å². The van der Waals surface area contributed by atoms with Crippen molar-refractivity contribution in [1.29, 1.82) is 0 Å². The average molecular weight is 497 g/mol. The number of carbonyl (C=O) groups is 1. The third kappa shape index (κ3) is 4.99. The van der Waals surface area contributed by atoms with Crippen LogP contribution in [0.4, 0.5) is 0 Å². The first-order valence-corrected chi connectivity index (χ1v) is 12.5. The van der Waals surface area contributed by atoms with Gasteiger partial charge in [-0.1, -0.05) is 66.2 Å². The number of aryl methyl sites for hydroxylation is 2. The molecule has 0 amide bonds. The number of benzene rings is 3. The minimum atomic E-state index is -0.484. The monoisotopic (exact) mass is 496 g/mol. The maximum absolute atomic E-state index is 14.0. The fourth-order valence-corrected chi connectivity index (χ4v) is 5.01. The Balaban J connectivity index is 1.44. The topological polar surface area (TPSA) is 62.7 Å². The maximum Gasteiger partial charge on any atom is 0.186 e. The third-order valence-electron chi connectivity index (χ3n) is 6.57. The number of nitrogens with one attached hydrogen (secondary N) is 2. The number of hydrogen-bond donors (Lipinski definition) is 2. The van der Waals surface area contributed by atoms with Crippen molar-refractivity contribution in [1.82, 2.24) is 20.1 Å². The fourth-order valence-electron chi connectivity index (χ4n) is 4.70. The molecule has 5 nitrogen and oxygen atoms in total. The van der Waals surface area contributed by atoms with Gasteiger partial charge in [-0.15, -0.1) is 0 Å². The van der Waals surface area contributed by atoms with Gasteiger partial charge in [0, 0.05) is 52.5 Å². The van der Waals surface area contributed by atoms with Crippen LogP contribution in [-0.4, -0.2) is 26.6 Å². The van der Waals surface area contributed by atoms with Gasteiger partial charge in [-0.25, -0.2) is 0 Å². The summed E-state index contributed by atoms with van der Waals surface area (Å²) in [6.45, 7) is 4.12. The lowest BCUT2D eigenvalue weighted by atomic mass is 9.95. The van der Waals surface area contributed by atoms with Crippen molar-refractivity contribution in [2.45, 2.75) is 32.4 Å². The summed E-state index contributed by atoms with van der Waals surface area (Å²) in [5.41, 5.74) is 6.82. The molecule has 0 saturated heterocycles. The van der Waals surface area contributed by atoms with E-state index in [1.165, 1.54) is 0 Å². The smallest absolute Gasteiger partial charge is 0.186 e. The normalized spacial score (nSPS) is 13.1. The summed E-state index contributed by atoms with van der Waals surface area (Å²) in [6, 6.07) is 21.7. The van der Waals surface area contributed by atoms with Crippen LogP contribution in [0, 0.1) is 6.92 Å². The molecule has 3 aromatic carbocycles. The first kappa shape index (κ1) is 24.0. The van der Waals surface area contributed by atoms with E-state index in [0.29, 0.717) is 5.56 Å². The van der Waals surface area contributed by atoms with E-state index in [9.17, 15) is 4.79 Å². The van der Waals surface area contributed by atoms with Crippen LogP contribution in [0.5, 0.6) is 0 Å². The minimum Gasteiger partial charge on any atom is -0.360 e. The molecule has 182 valence electrons. The average Bonchev–Trinajstić information content (AvgIpc) is 3.50. The molecule has 0 spiro atoms. The van der Waals surface area contributed by atoms with Gasteiger partial charge in [-0.3, -0.25) is 9.48 Å². The molecule has 2 N–H and O–H groups in total. The molecule has 5 aromatic rings. The number of carbonyl (C=O) groups excluding carboxylic acids is 1. The molecular formula is C30H29ClN4O. The number of halogens is 1. The van der Waals surface area contributed by atoms with Crippen LogP contribution >= 0.6 is 11.6 Å². The van der Waals surface area contributed by atoms with E-state index in [1.54, 1.807) is 4.68 Å². The molecule has 0 unspecified atom stereocenters. The minimum absolute atomic E-state index is 0.0294. The number of Topliss-reactive ketones (excluding diaryl/α,β-unsaturated/α-hetero) is 1. The first-order valence-electron chi connectivity index (χ1n) is 12.1. The zero-order chi connectivity index (χ0) is 25.2. The zero-order valence-electron chi connectivity index (χ0n) is 20.6. The highest BCUT2D eigenvalue weighted by molar-refractivity contribution is 6.31. The molecule has 2 aromatic heterocycles. The molecule has 6 heteroatoms. The van der Waals surface area contributed by atoms with Gasteiger partial charge in [-0.05, 0) is 54.7 Å². The van der Waals surface area contributed by atoms with Crippen molar-refractivity contribution < 1.29 is 4.79 Å². The van der Waals surface area contributed by atoms with Gasteiger partial charge in [0.15, 0.2) is 5.78 Å². The molecule has 0 radical (unpaired) electrons. The molecule has 36 heavy (non-hydrogen) atoms. The summed E-state index contributed by atoms with van der Waals surface area (Å²) >= 11 is 6.49.